The lowest BCUT2D eigenvalue weighted by molar-refractivity contribution is -0.159. The number of para-hydroxylation sites is 1. The first kappa shape index (κ1) is 36.3. The number of esters is 1. The van der Waals surface area contributed by atoms with E-state index in [0.29, 0.717) is 29.5 Å². The van der Waals surface area contributed by atoms with Crippen LogP contribution in [0, 0.1) is 17.3 Å². The van der Waals surface area contributed by atoms with Crippen LogP contribution in [0.4, 0.5) is 0 Å². The van der Waals surface area contributed by atoms with Crippen molar-refractivity contribution >= 4 is 45.1 Å². The molecular weight excluding hydrogens is 671 g/mol. The van der Waals surface area contributed by atoms with Crippen LogP contribution in [-0.4, -0.2) is 64.9 Å². The Hall–Kier alpha value is -4.45. The van der Waals surface area contributed by atoms with Gasteiger partial charge < -0.3 is 23.9 Å². The highest BCUT2D eigenvalue weighted by Crippen LogP contribution is 2.57. The first-order chi connectivity index (χ1) is 24.4. The van der Waals surface area contributed by atoms with Crippen LogP contribution in [0.5, 0.6) is 16.7 Å². The van der Waals surface area contributed by atoms with Crippen molar-refractivity contribution in [3.05, 3.63) is 60.7 Å². The summed E-state index contributed by atoms with van der Waals surface area (Å²) in [5.41, 5.74) is 1.65. The van der Waals surface area contributed by atoms with Gasteiger partial charge in [-0.05, 0) is 82.7 Å². The topological polar surface area (TPSA) is 133 Å². The van der Waals surface area contributed by atoms with Crippen LogP contribution in [0.3, 0.4) is 0 Å². The second kappa shape index (κ2) is 15.4. The van der Waals surface area contributed by atoms with Crippen molar-refractivity contribution in [2.75, 3.05) is 13.7 Å². The van der Waals surface area contributed by atoms with Crippen molar-refractivity contribution in [3.8, 4) is 16.7 Å². The van der Waals surface area contributed by atoms with Gasteiger partial charge in [0.1, 0.15) is 17.5 Å². The van der Waals surface area contributed by atoms with Gasteiger partial charge in [-0.3, -0.25) is 19.2 Å². The van der Waals surface area contributed by atoms with Gasteiger partial charge in [-0.15, -0.1) is 0 Å². The number of nitrogens with one attached hydrogen (secondary N) is 1. The van der Waals surface area contributed by atoms with Crippen LogP contribution in [0.15, 0.2) is 60.7 Å². The molecule has 0 spiro atoms. The predicted octanol–water partition coefficient (Wildman–Crippen LogP) is 6.60. The van der Waals surface area contributed by atoms with Crippen LogP contribution in [-0.2, 0) is 23.9 Å². The minimum Gasteiger partial charge on any atom is -0.497 e. The zero-order valence-electron chi connectivity index (χ0n) is 29.7. The maximum atomic E-state index is 14.5. The predicted molar refractivity (Wildman–Crippen MR) is 192 cm³/mol. The first-order valence-electron chi connectivity index (χ1n) is 17.8. The van der Waals surface area contributed by atoms with Gasteiger partial charge in [0.25, 0.3) is 11.1 Å². The molecule has 2 fully saturated rings. The van der Waals surface area contributed by atoms with E-state index in [1.807, 2.05) is 42.5 Å². The lowest BCUT2D eigenvalue weighted by Crippen LogP contribution is -2.46. The molecule has 11 nitrogen and oxygen atoms in total. The van der Waals surface area contributed by atoms with Gasteiger partial charge in [-0.1, -0.05) is 54.5 Å². The Balaban J connectivity index is 1.27. The number of benzene rings is 2. The van der Waals surface area contributed by atoms with E-state index in [1.54, 1.807) is 44.9 Å². The molecule has 1 N–H and O–H groups in total. The Morgan fingerprint density at radius 3 is 2.63 bits per heavy atom. The molecule has 1 aromatic heterocycles. The Labute approximate surface area is 302 Å². The number of fused-ring (bicyclic) bond motifs is 3. The second-order valence-corrected chi connectivity index (χ2v) is 15.8. The number of nitrogens with zero attached hydrogens (tertiary/aromatic N) is 2. The number of hydrogen-bond donors (Lipinski definition) is 1. The molecule has 3 aromatic rings. The normalized spacial score (nSPS) is 26.2. The third-order valence-corrected chi connectivity index (χ3v) is 10.7. The first-order valence-corrected chi connectivity index (χ1v) is 18.6. The number of ketones is 1. The monoisotopic (exact) mass is 717 g/mol. The molecule has 0 bridgehead atoms. The number of ether oxygens (including phenoxy) is 3. The van der Waals surface area contributed by atoms with Crippen LogP contribution >= 0.6 is 11.3 Å². The Morgan fingerprint density at radius 1 is 1.06 bits per heavy atom. The van der Waals surface area contributed by atoms with Crippen LogP contribution in [0.1, 0.15) is 78.6 Å². The molecule has 51 heavy (non-hydrogen) atoms. The molecule has 1 saturated heterocycles. The molecule has 2 aromatic carbocycles. The van der Waals surface area contributed by atoms with Crippen molar-refractivity contribution in [1.29, 1.82) is 0 Å². The number of carbonyl (C=O) groups excluding carboxylic acids is 4. The maximum absolute atomic E-state index is 14.5. The van der Waals surface area contributed by atoms with Crippen molar-refractivity contribution in [3.63, 3.8) is 0 Å². The molecule has 6 rings (SSSR count). The molecule has 2 amide bonds. The number of amides is 2. The third-order valence-electron chi connectivity index (χ3n) is 9.82. The lowest BCUT2D eigenvalue weighted by atomic mass is 9.90. The summed E-state index contributed by atoms with van der Waals surface area (Å²) in [6, 6.07) is 13.7. The van der Waals surface area contributed by atoms with Gasteiger partial charge >= 0.3 is 5.97 Å². The molecule has 12 heteroatoms. The minimum absolute atomic E-state index is 0.0647. The van der Waals surface area contributed by atoms with E-state index in [4.69, 9.17) is 19.0 Å². The summed E-state index contributed by atoms with van der Waals surface area (Å²) in [5.74, 6) is -0.914. The number of hydroxylamine groups is 1. The molecule has 3 aliphatic rings. The number of allylic oxidation sites excluding steroid dienone is 2. The number of aromatic nitrogens is 1. The molecule has 3 heterocycles. The number of rotatable bonds is 8. The Morgan fingerprint density at radius 2 is 1.86 bits per heavy atom. The maximum Gasteiger partial charge on any atom is 0.307 e. The third kappa shape index (κ3) is 8.90. The average Bonchev–Trinajstić information content (AvgIpc) is 3.40. The van der Waals surface area contributed by atoms with E-state index in [1.165, 1.54) is 11.3 Å². The van der Waals surface area contributed by atoms with Gasteiger partial charge in [-0.2, -0.15) is 5.48 Å². The zero-order valence-corrected chi connectivity index (χ0v) is 30.5. The average molecular weight is 718 g/mol. The summed E-state index contributed by atoms with van der Waals surface area (Å²) in [5, 5.41) is 0.428. The Kier molecular flexibility index (Phi) is 11.0. The Bertz CT molecular complexity index is 1770. The van der Waals surface area contributed by atoms with E-state index in [-0.39, 0.29) is 49.3 Å². The van der Waals surface area contributed by atoms with E-state index < -0.39 is 35.0 Å². The summed E-state index contributed by atoms with van der Waals surface area (Å²) in [6.45, 7) is 5.55. The fourth-order valence-corrected chi connectivity index (χ4v) is 8.02. The number of thiazole rings is 1. The van der Waals surface area contributed by atoms with Crippen molar-refractivity contribution < 1.29 is 38.2 Å². The fourth-order valence-electron chi connectivity index (χ4n) is 7.11. The molecule has 0 radical (unpaired) electrons. The van der Waals surface area contributed by atoms with E-state index in [2.05, 4.69) is 16.5 Å². The van der Waals surface area contributed by atoms with E-state index in [0.717, 1.165) is 35.9 Å². The van der Waals surface area contributed by atoms with Crippen molar-refractivity contribution in [1.82, 2.24) is 15.4 Å². The summed E-state index contributed by atoms with van der Waals surface area (Å²) in [6.07, 6.45) is 8.05. The molecular formula is C39H47N3O8S. The lowest BCUT2D eigenvalue weighted by Gasteiger charge is -2.29. The molecule has 5 atom stereocenters. The molecule has 0 unspecified atom stereocenters. The minimum atomic E-state index is -1.00. The number of hydrogen-bond acceptors (Lipinski definition) is 10. The SMILES string of the molecule is COc1ccc2nc(O[C@@H]3C[C@H]4C(=O)C[C@]5(C(=O)NOc6ccccc6)C[C@H]5/C=C\CCCCC[C@H](CC(=O)OC(C)(C)C)C(=O)N4C3)sc2c1. The summed E-state index contributed by atoms with van der Waals surface area (Å²) < 4.78 is 18.2. The van der Waals surface area contributed by atoms with Crippen LogP contribution in [0.2, 0.25) is 0 Å². The van der Waals surface area contributed by atoms with Gasteiger partial charge in [0.2, 0.25) is 5.91 Å². The molecule has 1 aliphatic carbocycles. The highest BCUT2D eigenvalue weighted by atomic mass is 32.1. The largest absolute Gasteiger partial charge is 0.497 e. The molecule has 272 valence electrons. The van der Waals surface area contributed by atoms with Gasteiger partial charge in [-0.25, -0.2) is 4.98 Å². The molecule has 1 saturated carbocycles. The highest BCUT2D eigenvalue weighted by Gasteiger charge is 2.61. The van der Waals surface area contributed by atoms with E-state index in [9.17, 15) is 19.2 Å². The summed E-state index contributed by atoms with van der Waals surface area (Å²) >= 11 is 1.37. The smallest absolute Gasteiger partial charge is 0.307 e. The number of methoxy groups -OCH3 is 1. The van der Waals surface area contributed by atoms with Gasteiger partial charge in [0.05, 0.1) is 41.7 Å². The molecule has 2 aliphatic heterocycles. The quantitative estimate of drug-likeness (QED) is 0.156. The number of carbonyl (C=O) groups is 4. The second-order valence-electron chi connectivity index (χ2n) is 14.8. The fraction of sp³-hybridized carbons (Fsp3) is 0.513. The van der Waals surface area contributed by atoms with Crippen LogP contribution in [0.25, 0.3) is 10.2 Å². The summed E-state index contributed by atoms with van der Waals surface area (Å²) in [7, 11) is 1.60. The summed E-state index contributed by atoms with van der Waals surface area (Å²) in [4.78, 5) is 67.5. The zero-order chi connectivity index (χ0) is 36.2. The van der Waals surface area contributed by atoms with Gasteiger partial charge in [0, 0.05) is 18.8 Å². The van der Waals surface area contributed by atoms with Gasteiger partial charge in [0.15, 0.2) is 11.5 Å². The van der Waals surface area contributed by atoms with E-state index >= 15 is 0 Å². The van der Waals surface area contributed by atoms with Crippen molar-refractivity contribution in [2.45, 2.75) is 96.3 Å². The standard InChI is InChI=1S/C39H47N3O8S/c1-38(2,3)49-34(44)19-25-13-9-6-5-7-10-14-26-22-39(26,36(46)41-50-27-15-11-8-12-16-27)23-32(43)31-20-29(24-42(31)35(25)45)48-37-40-30-18-17-28(47-4)21-33(30)51-37/h8,10-12,14-18,21,25-26,29,31H,5-7,9,13,19-20,22-24H2,1-4H3,(H,41,46)/b14-10-/t25-,26-,29-,31+,39-/m1/s1. The van der Waals surface area contributed by atoms with Crippen molar-refractivity contribution in [2.24, 2.45) is 17.3 Å². The highest BCUT2D eigenvalue weighted by molar-refractivity contribution is 7.20. The number of Topliss-reactive ketones (excluding diaryl/α,β-unsaturated/α-hetero) is 1. The van der Waals surface area contributed by atoms with Crippen LogP contribution < -0.4 is 19.8 Å².